The van der Waals surface area contributed by atoms with Crippen LogP contribution in [0, 0.1) is 17.0 Å². The van der Waals surface area contributed by atoms with E-state index < -0.39 is 23.4 Å². The van der Waals surface area contributed by atoms with E-state index in [1.807, 2.05) is 31.2 Å². The van der Waals surface area contributed by atoms with Crippen LogP contribution in [-0.2, 0) is 14.3 Å². The van der Waals surface area contributed by atoms with Gasteiger partial charge >= 0.3 is 5.97 Å². The average Bonchev–Trinajstić information content (AvgIpc) is 2.62. The highest BCUT2D eigenvalue weighted by molar-refractivity contribution is 7.99. The van der Waals surface area contributed by atoms with Crippen LogP contribution in [-0.4, -0.2) is 29.2 Å². The molecule has 2 aromatic carbocycles. The summed E-state index contributed by atoms with van der Waals surface area (Å²) in [5.74, 6) is -0.474. The molecule has 0 unspecified atom stereocenters. The Labute approximate surface area is 154 Å². The molecule has 0 aliphatic carbocycles. The summed E-state index contributed by atoms with van der Waals surface area (Å²) in [5.41, 5.74) is 1.31. The van der Waals surface area contributed by atoms with Crippen LogP contribution in [0.5, 0.6) is 0 Å². The second-order valence-corrected chi connectivity index (χ2v) is 6.60. The minimum Gasteiger partial charge on any atom is -0.456 e. The van der Waals surface area contributed by atoms with E-state index in [1.54, 1.807) is 0 Å². The van der Waals surface area contributed by atoms with Crippen molar-refractivity contribution in [2.75, 3.05) is 17.7 Å². The molecule has 2 aromatic rings. The molecule has 0 saturated carbocycles. The summed E-state index contributed by atoms with van der Waals surface area (Å²) in [6.07, 6.45) is 0.183. The molecule has 0 fully saturated rings. The van der Waals surface area contributed by atoms with Gasteiger partial charge in [0.2, 0.25) is 0 Å². The zero-order chi connectivity index (χ0) is 18.9. The van der Waals surface area contributed by atoms with Gasteiger partial charge in [-0.1, -0.05) is 23.8 Å². The van der Waals surface area contributed by atoms with Crippen LogP contribution in [0.1, 0.15) is 12.0 Å². The van der Waals surface area contributed by atoms with Crippen LogP contribution < -0.4 is 5.32 Å². The molecule has 26 heavy (non-hydrogen) atoms. The highest BCUT2D eigenvalue weighted by atomic mass is 32.2. The van der Waals surface area contributed by atoms with Crippen molar-refractivity contribution in [2.24, 2.45) is 0 Å². The number of hydrogen-bond donors (Lipinski definition) is 1. The lowest BCUT2D eigenvalue weighted by molar-refractivity contribution is -0.384. The van der Waals surface area contributed by atoms with E-state index in [-0.39, 0.29) is 17.8 Å². The summed E-state index contributed by atoms with van der Waals surface area (Å²) in [7, 11) is 0. The van der Waals surface area contributed by atoms with Crippen molar-refractivity contribution in [1.29, 1.82) is 0 Å². The number of esters is 1. The summed E-state index contributed by atoms with van der Waals surface area (Å²) >= 11 is 1.53. The molecular formula is C18H18N2O5S. The van der Waals surface area contributed by atoms with Gasteiger partial charge in [-0.15, -0.1) is 11.8 Å². The third-order valence-corrected chi connectivity index (χ3v) is 4.31. The van der Waals surface area contributed by atoms with Crippen molar-refractivity contribution in [2.45, 2.75) is 18.2 Å². The average molecular weight is 374 g/mol. The van der Waals surface area contributed by atoms with Gasteiger partial charge in [0.25, 0.3) is 11.6 Å². The molecule has 0 saturated heterocycles. The first-order chi connectivity index (χ1) is 12.4. The predicted molar refractivity (Wildman–Crippen MR) is 99.2 cm³/mol. The Morgan fingerprint density at radius 1 is 1.19 bits per heavy atom. The molecule has 1 N–H and O–H groups in total. The lowest BCUT2D eigenvalue weighted by Crippen LogP contribution is -2.21. The molecule has 8 heteroatoms. The van der Waals surface area contributed by atoms with E-state index >= 15 is 0 Å². The minimum absolute atomic E-state index is 0.132. The fourth-order valence-corrected chi connectivity index (χ4v) is 2.83. The van der Waals surface area contributed by atoms with Crippen LogP contribution in [0.2, 0.25) is 0 Å². The number of carbonyl (C=O) groups excluding carboxylic acids is 2. The second-order valence-electron chi connectivity index (χ2n) is 5.43. The number of amides is 1. The molecule has 0 aliphatic rings. The number of benzene rings is 2. The fraction of sp³-hybridized carbons (Fsp3) is 0.222. The summed E-state index contributed by atoms with van der Waals surface area (Å²) in [6.45, 7) is 1.57. The quantitative estimate of drug-likeness (QED) is 0.328. The highest BCUT2D eigenvalue weighted by Crippen LogP contribution is 2.19. The van der Waals surface area contributed by atoms with Crippen molar-refractivity contribution in [3.8, 4) is 0 Å². The number of rotatable bonds is 8. The molecule has 7 nitrogen and oxygen atoms in total. The van der Waals surface area contributed by atoms with Gasteiger partial charge in [0, 0.05) is 28.5 Å². The SMILES string of the molecule is Cc1ccc(SCCC(=O)OCC(=O)Nc2cccc([N+](=O)[O-])c2)cc1. The number of nitro groups is 1. The maximum absolute atomic E-state index is 11.8. The molecule has 2 rings (SSSR count). The Kier molecular flexibility index (Phi) is 7.16. The summed E-state index contributed by atoms with van der Waals surface area (Å²) in [4.78, 5) is 34.6. The van der Waals surface area contributed by atoms with Crippen molar-refractivity contribution in [3.05, 3.63) is 64.2 Å². The van der Waals surface area contributed by atoms with Gasteiger partial charge in [-0.3, -0.25) is 19.7 Å². The Hall–Kier alpha value is -2.87. The summed E-state index contributed by atoms with van der Waals surface area (Å²) in [5, 5.41) is 13.1. The van der Waals surface area contributed by atoms with Crippen molar-refractivity contribution >= 4 is 35.0 Å². The van der Waals surface area contributed by atoms with Gasteiger partial charge < -0.3 is 10.1 Å². The molecule has 0 aliphatic heterocycles. The monoisotopic (exact) mass is 374 g/mol. The lowest BCUT2D eigenvalue weighted by Gasteiger charge is -2.07. The van der Waals surface area contributed by atoms with Crippen LogP contribution in [0.4, 0.5) is 11.4 Å². The third-order valence-electron chi connectivity index (χ3n) is 3.30. The minimum atomic E-state index is -0.554. The van der Waals surface area contributed by atoms with Gasteiger partial charge in [-0.25, -0.2) is 0 Å². The van der Waals surface area contributed by atoms with Crippen molar-refractivity contribution < 1.29 is 19.2 Å². The van der Waals surface area contributed by atoms with Gasteiger partial charge in [0.05, 0.1) is 11.3 Å². The number of thioether (sulfide) groups is 1. The molecule has 1 amide bonds. The Bertz CT molecular complexity index is 792. The number of nitrogens with zero attached hydrogens (tertiary/aromatic N) is 1. The maximum atomic E-state index is 11.8. The first-order valence-electron chi connectivity index (χ1n) is 7.83. The number of aryl methyl sites for hydroxylation is 1. The van der Waals surface area contributed by atoms with E-state index in [2.05, 4.69) is 5.32 Å². The van der Waals surface area contributed by atoms with Gasteiger partial charge in [-0.05, 0) is 25.1 Å². The maximum Gasteiger partial charge on any atom is 0.307 e. The number of carbonyl (C=O) groups is 2. The summed E-state index contributed by atoms with van der Waals surface area (Å²) < 4.78 is 4.91. The molecule has 136 valence electrons. The number of non-ortho nitro benzene ring substituents is 1. The van der Waals surface area contributed by atoms with Crippen LogP contribution >= 0.6 is 11.8 Å². The van der Waals surface area contributed by atoms with Gasteiger partial charge in [0.1, 0.15) is 0 Å². The first-order valence-corrected chi connectivity index (χ1v) is 8.82. The first kappa shape index (κ1) is 19.5. The van der Waals surface area contributed by atoms with E-state index in [1.165, 1.54) is 41.6 Å². The Morgan fingerprint density at radius 2 is 1.92 bits per heavy atom. The molecule has 0 heterocycles. The molecule has 0 aromatic heterocycles. The van der Waals surface area contributed by atoms with Gasteiger partial charge in [0.15, 0.2) is 6.61 Å². The number of nitro benzene ring substituents is 1. The molecule has 0 bridgehead atoms. The summed E-state index contributed by atoms with van der Waals surface area (Å²) in [6, 6.07) is 13.5. The third kappa shape index (κ3) is 6.56. The zero-order valence-electron chi connectivity index (χ0n) is 14.1. The number of anilines is 1. The molecule has 0 atom stereocenters. The Balaban J connectivity index is 1.69. The van der Waals surface area contributed by atoms with Crippen LogP contribution in [0.25, 0.3) is 0 Å². The van der Waals surface area contributed by atoms with Crippen LogP contribution in [0.3, 0.4) is 0 Å². The highest BCUT2D eigenvalue weighted by Gasteiger charge is 2.10. The normalized spacial score (nSPS) is 10.2. The fourth-order valence-electron chi connectivity index (χ4n) is 2.00. The predicted octanol–water partition coefficient (Wildman–Crippen LogP) is 3.57. The van der Waals surface area contributed by atoms with Crippen LogP contribution in [0.15, 0.2) is 53.4 Å². The standard InChI is InChI=1S/C18H18N2O5S/c1-13-5-7-16(8-6-13)26-10-9-18(22)25-12-17(21)19-14-3-2-4-15(11-14)20(23)24/h2-8,11H,9-10,12H2,1H3,(H,19,21). The van der Waals surface area contributed by atoms with E-state index in [4.69, 9.17) is 4.74 Å². The molecule has 0 spiro atoms. The smallest absolute Gasteiger partial charge is 0.307 e. The number of nitrogens with one attached hydrogen (secondary N) is 1. The Morgan fingerprint density at radius 3 is 2.62 bits per heavy atom. The molecule has 0 radical (unpaired) electrons. The number of hydrogen-bond acceptors (Lipinski definition) is 6. The lowest BCUT2D eigenvalue weighted by atomic mass is 10.2. The van der Waals surface area contributed by atoms with Gasteiger partial charge in [-0.2, -0.15) is 0 Å². The van der Waals surface area contributed by atoms with E-state index in [9.17, 15) is 19.7 Å². The second kappa shape index (κ2) is 9.57. The van der Waals surface area contributed by atoms with E-state index in [0.717, 1.165) is 4.90 Å². The largest absolute Gasteiger partial charge is 0.456 e. The van der Waals surface area contributed by atoms with Crippen molar-refractivity contribution in [1.82, 2.24) is 0 Å². The topological polar surface area (TPSA) is 98.5 Å². The zero-order valence-corrected chi connectivity index (χ0v) is 15.0. The van der Waals surface area contributed by atoms with Crippen molar-refractivity contribution in [3.63, 3.8) is 0 Å². The van der Waals surface area contributed by atoms with E-state index in [0.29, 0.717) is 5.75 Å². The molecular weight excluding hydrogens is 356 g/mol. The number of ether oxygens (including phenoxy) is 1.